The number of nitrogens with zero attached hydrogens (tertiary/aromatic N) is 2. The van der Waals surface area contributed by atoms with Crippen LogP contribution in [0, 0.1) is 0 Å². The largest absolute Gasteiger partial charge is 0.495 e. The summed E-state index contributed by atoms with van der Waals surface area (Å²) in [5.74, 6) is 0.168. The van der Waals surface area contributed by atoms with E-state index in [1.54, 1.807) is 10.6 Å². The van der Waals surface area contributed by atoms with Gasteiger partial charge in [0.2, 0.25) is 10.0 Å². The molecule has 184 valence electrons. The Morgan fingerprint density at radius 3 is 2.35 bits per heavy atom. The number of aromatic nitrogens is 1. The molecule has 0 radical (unpaired) electrons. The first kappa shape index (κ1) is 24.7. The first-order chi connectivity index (χ1) is 16.0. The maximum absolute atomic E-state index is 13.2. The second-order valence-corrected chi connectivity index (χ2v) is 12.6. The Hall–Kier alpha value is -2.45. The van der Waals surface area contributed by atoms with Gasteiger partial charge in [-0.3, -0.25) is 14.1 Å². The lowest BCUT2D eigenvalue weighted by Gasteiger charge is -2.26. The van der Waals surface area contributed by atoms with Gasteiger partial charge in [-0.15, -0.1) is 0 Å². The summed E-state index contributed by atoms with van der Waals surface area (Å²) in [5.41, 5.74) is 0.644. The number of methoxy groups -OCH3 is 1. The van der Waals surface area contributed by atoms with E-state index in [-0.39, 0.29) is 45.2 Å². The normalized spacial score (nSPS) is 15.6. The first-order valence-corrected chi connectivity index (χ1v) is 14.2. The number of anilines is 1. The third-order valence-corrected chi connectivity index (χ3v) is 9.61. The maximum Gasteiger partial charge on any atom is 0.308 e. The molecule has 1 N–H and O–H groups in total. The van der Waals surface area contributed by atoms with Crippen molar-refractivity contribution < 1.29 is 26.3 Å². The minimum atomic E-state index is -4.11. The Morgan fingerprint density at radius 1 is 1.03 bits per heavy atom. The molecule has 1 fully saturated rings. The van der Waals surface area contributed by atoms with Crippen LogP contribution in [0.3, 0.4) is 0 Å². The van der Waals surface area contributed by atoms with Crippen molar-refractivity contribution in [3.8, 4) is 5.75 Å². The smallest absolute Gasteiger partial charge is 0.308 e. The number of fused-ring (bicyclic) bond motifs is 1. The van der Waals surface area contributed by atoms with Crippen LogP contribution in [0.2, 0.25) is 0 Å². The maximum atomic E-state index is 13.2. The molecule has 1 aliphatic heterocycles. The first-order valence-electron chi connectivity index (χ1n) is 10.5. The third kappa shape index (κ3) is 4.58. The lowest BCUT2D eigenvalue weighted by atomic mass is 10.3. The fourth-order valence-electron chi connectivity index (χ4n) is 3.74. The van der Waals surface area contributed by atoms with Gasteiger partial charge in [0.15, 0.2) is 0 Å². The molecule has 0 unspecified atom stereocenters. The van der Waals surface area contributed by atoms with E-state index in [4.69, 9.17) is 9.47 Å². The topological polar surface area (TPSA) is 124 Å². The monoisotopic (exact) mass is 527 g/mol. The molecule has 1 aliphatic rings. The number of rotatable bonds is 7. The lowest BCUT2D eigenvalue weighted by molar-refractivity contribution is 0.0730. The van der Waals surface area contributed by atoms with E-state index in [0.29, 0.717) is 23.4 Å². The summed E-state index contributed by atoms with van der Waals surface area (Å²) in [7, 11) is -6.59. The average molecular weight is 528 g/mol. The van der Waals surface area contributed by atoms with Gasteiger partial charge in [-0.25, -0.2) is 16.8 Å². The van der Waals surface area contributed by atoms with Gasteiger partial charge >= 0.3 is 4.87 Å². The van der Waals surface area contributed by atoms with Gasteiger partial charge in [0.25, 0.3) is 10.0 Å². The summed E-state index contributed by atoms with van der Waals surface area (Å²) in [6.45, 7) is 4.78. The SMILES string of the molecule is COc1ccc(S(=O)(=O)N2CCOCC2)cc1NS(=O)(=O)c1ccc2c(c1)sc(=O)n2C(C)C. The van der Waals surface area contributed by atoms with Gasteiger partial charge in [0, 0.05) is 19.1 Å². The molecule has 2 aromatic carbocycles. The molecule has 3 aromatic rings. The molecule has 1 aromatic heterocycles. The predicted molar refractivity (Wildman–Crippen MR) is 130 cm³/mol. The van der Waals surface area contributed by atoms with Gasteiger partial charge in [-0.1, -0.05) is 11.3 Å². The number of hydrogen-bond donors (Lipinski definition) is 1. The molecule has 0 atom stereocenters. The Labute approximate surface area is 201 Å². The van der Waals surface area contributed by atoms with E-state index in [2.05, 4.69) is 4.72 Å². The van der Waals surface area contributed by atoms with Crippen LogP contribution in [0.15, 0.2) is 51.0 Å². The zero-order chi connectivity index (χ0) is 24.7. The number of thiazole rings is 1. The van der Waals surface area contributed by atoms with Crippen molar-refractivity contribution in [2.45, 2.75) is 29.7 Å². The molecule has 10 nitrogen and oxygen atoms in total. The number of nitrogens with one attached hydrogen (secondary N) is 1. The van der Waals surface area contributed by atoms with Crippen molar-refractivity contribution in [2.24, 2.45) is 0 Å². The minimum absolute atomic E-state index is 0.00938. The quantitative estimate of drug-likeness (QED) is 0.501. The van der Waals surface area contributed by atoms with Crippen molar-refractivity contribution in [1.29, 1.82) is 0 Å². The van der Waals surface area contributed by atoms with Crippen LogP contribution in [0.4, 0.5) is 5.69 Å². The standard InChI is InChI=1S/C21H25N3O7S3/c1-14(2)24-18-6-4-15(13-20(18)32-21(24)25)33(26,27)22-17-12-16(5-7-19(17)30-3)34(28,29)23-8-10-31-11-9-23/h4-7,12-14,22H,8-11H2,1-3H3. The molecule has 4 rings (SSSR count). The molecule has 0 saturated carbocycles. The number of morpholine rings is 1. The molecule has 1 saturated heterocycles. The van der Waals surface area contributed by atoms with Gasteiger partial charge in [-0.05, 0) is 50.2 Å². The number of ether oxygens (including phenoxy) is 2. The van der Waals surface area contributed by atoms with E-state index in [1.807, 2.05) is 13.8 Å². The highest BCUT2D eigenvalue weighted by Crippen LogP contribution is 2.32. The zero-order valence-corrected chi connectivity index (χ0v) is 21.3. The van der Waals surface area contributed by atoms with E-state index < -0.39 is 20.0 Å². The number of benzene rings is 2. The fraction of sp³-hybridized carbons (Fsp3) is 0.381. The molecule has 0 amide bonds. The predicted octanol–water partition coefficient (Wildman–Crippen LogP) is 2.47. The molecule has 0 aliphatic carbocycles. The van der Waals surface area contributed by atoms with Crippen molar-refractivity contribution in [3.63, 3.8) is 0 Å². The highest BCUT2D eigenvalue weighted by molar-refractivity contribution is 7.92. The average Bonchev–Trinajstić information content (AvgIpc) is 3.14. The minimum Gasteiger partial charge on any atom is -0.495 e. The van der Waals surface area contributed by atoms with E-state index in [0.717, 1.165) is 11.3 Å². The summed E-state index contributed by atoms with van der Waals surface area (Å²) < 4.78 is 68.8. The fourth-order valence-corrected chi connectivity index (χ4v) is 7.39. The molecular weight excluding hydrogens is 502 g/mol. The van der Waals surface area contributed by atoms with Gasteiger partial charge < -0.3 is 9.47 Å². The molecule has 13 heteroatoms. The second-order valence-electron chi connectivity index (χ2n) is 7.95. The number of sulfonamides is 2. The highest BCUT2D eigenvalue weighted by atomic mass is 32.2. The summed E-state index contributed by atoms with van der Waals surface area (Å²) in [5, 5.41) is 0. The van der Waals surface area contributed by atoms with Crippen LogP contribution in [-0.2, 0) is 24.8 Å². The van der Waals surface area contributed by atoms with E-state index >= 15 is 0 Å². The molecule has 0 bridgehead atoms. The van der Waals surface area contributed by atoms with Gasteiger partial charge in [-0.2, -0.15) is 4.31 Å². The van der Waals surface area contributed by atoms with Crippen molar-refractivity contribution in [2.75, 3.05) is 38.1 Å². The van der Waals surface area contributed by atoms with Crippen LogP contribution in [0.25, 0.3) is 10.2 Å². The Balaban J connectivity index is 1.71. The van der Waals surface area contributed by atoms with E-state index in [9.17, 15) is 21.6 Å². The third-order valence-electron chi connectivity index (χ3n) is 5.43. The number of hydrogen-bond acceptors (Lipinski definition) is 8. The summed E-state index contributed by atoms with van der Waals surface area (Å²) in [6, 6.07) is 8.40. The Morgan fingerprint density at radius 2 is 1.71 bits per heavy atom. The summed E-state index contributed by atoms with van der Waals surface area (Å²) in [4.78, 5) is 12.0. The summed E-state index contributed by atoms with van der Waals surface area (Å²) >= 11 is 0.968. The molecule has 0 spiro atoms. The van der Waals surface area contributed by atoms with Crippen LogP contribution < -0.4 is 14.3 Å². The second kappa shape index (κ2) is 9.30. The summed E-state index contributed by atoms with van der Waals surface area (Å²) in [6.07, 6.45) is 0. The van der Waals surface area contributed by atoms with E-state index in [1.165, 1.54) is 41.7 Å². The van der Waals surface area contributed by atoms with Gasteiger partial charge in [0.05, 0.1) is 46.0 Å². The van der Waals surface area contributed by atoms with Crippen LogP contribution in [0.1, 0.15) is 19.9 Å². The highest BCUT2D eigenvalue weighted by Gasteiger charge is 2.28. The van der Waals surface area contributed by atoms with Crippen molar-refractivity contribution >= 4 is 47.3 Å². The zero-order valence-electron chi connectivity index (χ0n) is 18.8. The van der Waals surface area contributed by atoms with Crippen molar-refractivity contribution in [3.05, 3.63) is 46.1 Å². The Bertz CT molecular complexity index is 1490. The van der Waals surface area contributed by atoms with Crippen LogP contribution >= 0.6 is 11.3 Å². The molecule has 2 heterocycles. The van der Waals surface area contributed by atoms with Crippen molar-refractivity contribution in [1.82, 2.24) is 8.87 Å². The van der Waals surface area contributed by atoms with Gasteiger partial charge in [0.1, 0.15) is 5.75 Å². The van der Waals surface area contributed by atoms with Crippen LogP contribution in [-0.4, -0.2) is 59.1 Å². The molecular formula is C21H25N3O7S3. The van der Waals surface area contributed by atoms with Crippen LogP contribution in [0.5, 0.6) is 5.75 Å². The molecule has 34 heavy (non-hydrogen) atoms. The lowest BCUT2D eigenvalue weighted by Crippen LogP contribution is -2.40. The Kier molecular flexibility index (Phi) is 6.75.